The molecule has 0 amide bonds. The molecule has 29 heavy (non-hydrogen) atoms. The van der Waals surface area contributed by atoms with Gasteiger partial charge in [-0.2, -0.15) is 0 Å². The van der Waals surface area contributed by atoms with Crippen LogP contribution in [0.5, 0.6) is 0 Å². The molecule has 0 atom stereocenters. The quantitative estimate of drug-likeness (QED) is 0.166. The summed E-state index contributed by atoms with van der Waals surface area (Å²) in [7, 11) is 0. The van der Waals surface area contributed by atoms with Crippen LogP contribution in [0.1, 0.15) is 90.9 Å². The highest BCUT2D eigenvalue weighted by Gasteiger charge is 1.95. The summed E-state index contributed by atoms with van der Waals surface area (Å²) in [5, 5.41) is 0. The molecule has 0 rings (SSSR count). The highest BCUT2D eigenvalue weighted by molar-refractivity contribution is 4.48. The predicted molar refractivity (Wildman–Crippen MR) is 121 cm³/mol. The third kappa shape index (κ3) is 27.8. The lowest BCUT2D eigenvalue weighted by Crippen LogP contribution is -2.13. The van der Waals surface area contributed by atoms with Crippen LogP contribution in [0.3, 0.4) is 0 Å². The summed E-state index contributed by atoms with van der Waals surface area (Å²) in [5.41, 5.74) is 0. The van der Waals surface area contributed by atoms with Crippen LogP contribution in [0.25, 0.3) is 0 Å². The largest absolute Gasteiger partial charge is 0.379 e. The SMILES string of the molecule is CCCCCCCCCCCCCCOCCOCCOCCOCCOCC. The highest BCUT2D eigenvalue weighted by atomic mass is 16.6. The van der Waals surface area contributed by atoms with Crippen LogP contribution in [0.2, 0.25) is 0 Å². The zero-order valence-electron chi connectivity index (χ0n) is 19.6. The van der Waals surface area contributed by atoms with E-state index in [0.717, 1.165) is 13.2 Å². The molecule has 5 nitrogen and oxygen atoms in total. The van der Waals surface area contributed by atoms with Gasteiger partial charge in [-0.05, 0) is 13.3 Å². The Morgan fingerprint density at radius 2 is 0.621 bits per heavy atom. The minimum atomic E-state index is 0.602. The lowest BCUT2D eigenvalue weighted by atomic mass is 10.1. The lowest BCUT2D eigenvalue weighted by Gasteiger charge is -2.07. The Morgan fingerprint density at radius 1 is 0.310 bits per heavy atom. The van der Waals surface area contributed by atoms with Gasteiger partial charge < -0.3 is 23.7 Å². The number of rotatable bonds is 26. The maximum atomic E-state index is 5.62. The molecule has 0 fully saturated rings. The van der Waals surface area contributed by atoms with Crippen LogP contribution in [-0.4, -0.2) is 66.1 Å². The lowest BCUT2D eigenvalue weighted by molar-refractivity contribution is -0.0104. The standard InChI is InChI=1S/C24H50O5/c1-3-5-6-7-8-9-10-11-12-13-14-15-16-26-19-20-28-23-24-29-22-21-27-18-17-25-4-2/h3-24H2,1-2H3. The molecule has 0 aromatic carbocycles. The fourth-order valence-corrected chi connectivity index (χ4v) is 3.07. The van der Waals surface area contributed by atoms with Crippen LogP contribution >= 0.6 is 0 Å². The molecule has 0 bridgehead atoms. The Balaban J connectivity index is 2.97. The van der Waals surface area contributed by atoms with Gasteiger partial charge >= 0.3 is 0 Å². The minimum absolute atomic E-state index is 0.602. The maximum Gasteiger partial charge on any atom is 0.0701 e. The smallest absolute Gasteiger partial charge is 0.0701 e. The molecule has 0 spiro atoms. The van der Waals surface area contributed by atoms with Gasteiger partial charge in [0.15, 0.2) is 0 Å². The Morgan fingerprint density at radius 3 is 1.00 bits per heavy atom. The molecular formula is C24H50O5. The Labute approximate surface area is 181 Å². The summed E-state index contributed by atoms with van der Waals surface area (Å²) in [4.78, 5) is 0. The summed E-state index contributed by atoms with van der Waals surface area (Å²) in [6.45, 7) is 10.9. The van der Waals surface area contributed by atoms with E-state index in [2.05, 4.69) is 6.92 Å². The molecule has 0 heterocycles. The first-order chi connectivity index (χ1) is 14.4. The van der Waals surface area contributed by atoms with Crippen molar-refractivity contribution in [3.05, 3.63) is 0 Å². The first kappa shape index (κ1) is 28.8. The van der Waals surface area contributed by atoms with Gasteiger partial charge in [0.05, 0.1) is 52.9 Å². The molecule has 0 saturated heterocycles. The van der Waals surface area contributed by atoms with E-state index in [0.29, 0.717) is 52.9 Å². The number of ether oxygens (including phenoxy) is 5. The molecule has 0 aromatic heterocycles. The summed E-state index contributed by atoms with van der Waals surface area (Å²) in [6, 6.07) is 0. The Kier molecular flexibility index (Phi) is 27.6. The fraction of sp³-hybridized carbons (Fsp3) is 1.00. The van der Waals surface area contributed by atoms with Crippen molar-refractivity contribution in [1.82, 2.24) is 0 Å². The van der Waals surface area contributed by atoms with Gasteiger partial charge in [-0.25, -0.2) is 0 Å². The van der Waals surface area contributed by atoms with E-state index in [4.69, 9.17) is 23.7 Å². The van der Waals surface area contributed by atoms with Gasteiger partial charge in [-0.1, -0.05) is 77.6 Å². The first-order valence-corrected chi connectivity index (χ1v) is 12.3. The van der Waals surface area contributed by atoms with Crippen molar-refractivity contribution >= 4 is 0 Å². The van der Waals surface area contributed by atoms with Gasteiger partial charge in [0.1, 0.15) is 0 Å². The zero-order chi connectivity index (χ0) is 21.1. The molecule has 0 N–H and O–H groups in total. The van der Waals surface area contributed by atoms with Crippen molar-refractivity contribution < 1.29 is 23.7 Å². The van der Waals surface area contributed by atoms with Crippen molar-refractivity contribution in [2.45, 2.75) is 90.9 Å². The van der Waals surface area contributed by atoms with Gasteiger partial charge in [0.25, 0.3) is 0 Å². The second kappa shape index (κ2) is 27.8. The number of hydrogen-bond donors (Lipinski definition) is 0. The first-order valence-electron chi connectivity index (χ1n) is 12.3. The second-order valence-electron chi connectivity index (χ2n) is 7.54. The zero-order valence-corrected chi connectivity index (χ0v) is 19.6. The highest BCUT2D eigenvalue weighted by Crippen LogP contribution is 2.11. The van der Waals surface area contributed by atoms with Gasteiger partial charge in [-0.3, -0.25) is 0 Å². The second-order valence-corrected chi connectivity index (χ2v) is 7.54. The molecule has 5 heteroatoms. The van der Waals surface area contributed by atoms with Crippen LogP contribution in [-0.2, 0) is 23.7 Å². The van der Waals surface area contributed by atoms with E-state index < -0.39 is 0 Å². The Hall–Kier alpha value is -0.200. The molecule has 0 unspecified atom stereocenters. The molecule has 0 aromatic rings. The summed E-state index contributed by atoms with van der Waals surface area (Å²) in [5.74, 6) is 0. The van der Waals surface area contributed by atoms with E-state index in [-0.39, 0.29) is 0 Å². The van der Waals surface area contributed by atoms with Crippen molar-refractivity contribution in [3.8, 4) is 0 Å². The van der Waals surface area contributed by atoms with E-state index in [9.17, 15) is 0 Å². The Bertz CT molecular complexity index is 250. The molecule has 0 aliphatic rings. The van der Waals surface area contributed by atoms with Gasteiger partial charge in [0.2, 0.25) is 0 Å². The monoisotopic (exact) mass is 418 g/mol. The third-order valence-corrected chi connectivity index (χ3v) is 4.83. The third-order valence-electron chi connectivity index (χ3n) is 4.83. The van der Waals surface area contributed by atoms with Crippen LogP contribution in [0.4, 0.5) is 0 Å². The molecule has 0 aliphatic carbocycles. The van der Waals surface area contributed by atoms with Gasteiger partial charge in [0, 0.05) is 13.2 Å². The van der Waals surface area contributed by atoms with Crippen molar-refractivity contribution in [2.24, 2.45) is 0 Å². The van der Waals surface area contributed by atoms with Crippen molar-refractivity contribution in [1.29, 1.82) is 0 Å². The van der Waals surface area contributed by atoms with E-state index in [1.165, 1.54) is 77.0 Å². The maximum absolute atomic E-state index is 5.62. The van der Waals surface area contributed by atoms with Gasteiger partial charge in [-0.15, -0.1) is 0 Å². The molecule has 0 aliphatic heterocycles. The molecule has 176 valence electrons. The average molecular weight is 419 g/mol. The fourth-order valence-electron chi connectivity index (χ4n) is 3.07. The van der Waals surface area contributed by atoms with E-state index >= 15 is 0 Å². The van der Waals surface area contributed by atoms with Crippen molar-refractivity contribution in [3.63, 3.8) is 0 Å². The summed E-state index contributed by atoms with van der Waals surface area (Å²) < 4.78 is 27.1. The molecular weight excluding hydrogens is 368 g/mol. The van der Waals surface area contributed by atoms with Crippen molar-refractivity contribution in [2.75, 3.05) is 66.1 Å². The van der Waals surface area contributed by atoms with Crippen LogP contribution in [0, 0.1) is 0 Å². The van der Waals surface area contributed by atoms with E-state index in [1.54, 1.807) is 0 Å². The van der Waals surface area contributed by atoms with Crippen LogP contribution < -0.4 is 0 Å². The normalized spacial score (nSPS) is 11.4. The van der Waals surface area contributed by atoms with E-state index in [1.807, 2.05) is 6.92 Å². The summed E-state index contributed by atoms with van der Waals surface area (Å²) in [6.07, 6.45) is 16.5. The topological polar surface area (TPSA) is 46.2 Å². The average Bonchev–Trinajstić information content (AvgIpc) is 2.74. The minimum Gasteiger partial charge on any atom is -0.379 e. The number of unbranched alkanes of at least 4 members (excludes halogenated alkanes) is 11. The summed E-state index contributed by atoms with van der Waals surface area (Å²) >= 11 is 0. The molecule has 0 radical (unpaired) electrons. The van der Waals surface area contributed by atoms with Crippen LogP contribution in [0.15, 0.2) is 0 Å². The number of hydrogen-bond acceptors (Lipinski definition) is 5. The predicted octanol–water partition coefficient (Wildman–Crippen LogP) is 5.79. The molecule has 0 saturated carbocycles.